The highest BCUT2D eigenvalue weighted by Crippen LogP contribution is 2.23. The van der Waals surface area contributed by atoms with Crippen LogP contribution in [-0.2, 0) is 9.59 Å². The minimum absolute atomic E-state index is 0.0555. The summed E-state index contributed by atoms with van der Waals surface area (Å²) in [5, 5.41) is 13.5. The number of carbonyl (C=O) groups excluding carboxylic acids is 2. The summed E-state index contributed by atoms with van der Waals surface area (Å²) in [6.07, 6.45) is 4.57. The second-order valence-electron chi connectivity index (χ2n) is 5.14. The van der Waals surface area contributed by atoms with E-state index in [2.05, 4.69) is 17.6 Å². The van der Waals surface area contributed by atoms with Crippen molar-refractivity contribution in [3.8, 4) is 0 Å². The van der Waals surface area contributed by atoms with Gasteiger partial charge in [-0.3, -0.25) is 14.9 Å². The van der Waals surface area contributed by atoms with Gasteiger partial charge in [0.1, 0.15) is 0 Å². The van der Waals surface area contributed by atoms with Crippen LogP contribution in [-0.4, -0.2) is 29.1 Å². The van der Waals surface area contributed by atoms with Crippen LogP contribution in [0.1, 0.15) is 51.9 Å². The third-order valence-electron chi connectivity index (χ3n) is 3.48. The molecule has 1 rings (SSSR count). The average molecular weight is 270 g/mol. The fraction of sp³-hybridized carbons (Fsp3) is 0.769. The molecule has 6 nitrogen and oxygen atoms in total. The van der Waals surface area contributed by atoms with E-state index in [1.807, 2.05) is 0 Å². The summed E-state index contributed by atoms with van der Waals surface area (Å²) >= 11 is 0. The number of amides is 3. The largest absolute Gasteiger partial charge is 0.481 e. The Bertz CT molecular complexity index is 344. The van der Waals surface area contributed by atoms with E-state index in [-0.39, 0.29) is 25.3 Å². The summed E-state index contributed by atoms with van der Waals surface area (Å²) in [6.45, 7) is 2.10. The molecule has 1 aliphatic carbocycles. The number of aliphatic carboxylic acids is 1. The van der Waals surface area contributed by atoms with Crippen molar-refractivity contribution in [3.63, 3.8) is 0 Å². The fourth-order valence-corrected chi connectivity index (χ4v) is 2.32. The number of urea groups is 1. The normalized spacial score (nSPS) is 22.6. The Morgan fingerprint density at radius 1 is 1.16 bits per heavy atom. The van der Waals surface area contributed by atoms with Gasteiger partial charge in [0.15, 0.2) is 0 Å². The molecule has 0 radical (unpaired) electrons. The van der Waals surface area contributed by atoms with Gasteiger partial charge in [-0.15, -0.1) is 0 Å². The minimum atomic E-state index is -0.937. The van der Waals surface area contributed by atoms with Crippen molar-refractivity contribution in [2.24, 2.45) is 5.92 Å². The van der Waals surface area contributed by atoms with Crippen LogP contribution in [0.5, 0.6) is 0 Å². The average Bonchev–Trinajstić information content (AvgIpc) is 2.31. The Kier molecular flexibility index (Phi) is 6.32. The Morgan fingerprint density at radius 3 is 2.47 bits per heavy atom. The molecule has 0 aromatic carbocycles. The van der Waals surface area contributed by atoms with Gasteiger partial charge in [0.2, 0.25) is 5.91 Å². The molecule has 2 atom stereocenters. The molecular weight excluding hydrogens is 248 g/mol. The SMILES string of the molecule is CC1CCCCC1NC(=O)NC(=O)CCCC(=O)O. The van der Waals surface area contributed by atoms with Gasteiger partial charge in [-0.25, -0.2) is 4.79 Å². The number of carbonyl (C=O) groups is 3. The van der Waals surface area contributed by atoms with Gasteiger partial charge in [0, 0.05) is 18.9 Å². The summed E-state index contributed by atoms with van der Waals surface area (Å²) in [4.78, 5) is 33.3. The molecule has 2 unspecified atom stereocenters. The number of carboxylic acids is 1. The maximum atomic E-state index is 11.6. The van der Waals surface area contributed by atoms with E-state index in [1.165, 1.54) is 6.42 Å². The molecule has 1 aliphatic rings. The first-order valence-corrected chi connectivity index (χ1v) is 6.81. The Labute approximate surface area is 112 Å². The topological polar surface area (TPSA) is 95.5 Å². The molecule has 0 aromatic heterocycles. The molecule has 1 saturated carbocycles. The van der Waals surface area contributed by atoms with Crippen molar-refractivity contribution < 1.29 is 19.5 Å². The molecule has 0 aromatic rings. The monoisotopic (exact) mass is 270 g/mol. The van der Waals surface area contributed by atoms with Crippen LogP contribution in [0, 0.1) is 5.92 Å². The van der Waals surface area contributed by atoms with E-state index < -0.39 is 17.9 Å². The molecule has 3 amide bonds. The third-order valence-corrected chi connectivity index (χ3v) is 3.48. The Hall–Kier alpha value is -1.59. The van der Waals surface area contributed by atoms with Gasteiger partial charge >= 0.3 is 12.0 Å². The molecule has 0 spiro atoms. The van der Waals surface area contributed by atoms with Crippen LogP contribution in [0.3, 0.4) is 0 Å². The zero-order valence-corrected chi connectivity index (χ0v) is 11.3. The van der Waals surface area contributed by atoms with Gasteiger partial charge < -0.3 is 10.4 Å². The highest BCUT2D eigenvalue weighted by molar-refractivity contribution is 5.94. The molecule has 108 valence electrons. The highest BCUT2D eigenvalue weighted by Gasteiger charge is 2.23. The minimum Gasteiger partial charge on any atom is -0.481 e. The van der Waals surface area contributed by atoms with E-state index in [0.29, 0.717) is 5.92 Å². The predicted molar refractivity (Wildman–Crippen MR) is 69.6 cm³/mol. The van der Waals surface area contributed by atoms with Crippen LogP contribution in [0.4, 0.5) is 4.79 Å². The maximum Gasteiger partial charge on any atom is 0.321 e. The molecule has 1 fully saturated rings. The lowest BCUT2D eigenvalue weighted by Gasteiger charge is -2.29. The molecule has 3 N–H and O–H groups in total. The maximum absolute atomic E-state index is 11.6. The first-order valence-electron chi connectivity index (χ1n) is 6.81. The summed E-state index contributed by atoms with van der Waals surface area (Å²) in [7, 11) is 0. The van der Waals surface area contributed by atoms with E-state index in [1.54, 1.807) is 0 Å². The van der Waals surface area contributed by atoms with Crippen molar-refractivity contribution in [1.29, 1.82) is 0 Å². The van der Waals surface area contributed by atoms with Gasteiger partial charge in [-0.2, -0.15) is 0 Å². The lowest BCUT2D eigenvalue weighted by Crippen LogP contribution is -2.47. The first kappa shape index (κ1) is 15.5. The molecule has 0 aliphatic heterocycles. The number of imide groups is 1. The van der Waals surface area contributed by atoms with E-state index in [0.717, 1.165) is 19.3 Å². The second kappa shape index (κ2) is 7.76. The summed E-state index contributed by atoms with van der Waals surface area (Å²) in [6, 6.07) is -0.348. The summed E-state index contributed by atoms with van der Waals surface area (Å²) in [5.74, 6) is -0.933. The molecule has 6 heteroatoms. The number of hydrogen-bond donors (Lipinski definition) is 3. The van der Waals surface area contributed by atoms with Crippen molar-refractivity contribution in [1.82, 2.24) is 10.6 Å². The smallest absolute Gasteiger partial charge is 0.321 e. The summed E-state index contributed by atoms with van der Waals surface area (Å²) in [5.41, 5.74) is 0. The molecule has 19 heavy (non-hydrogen) atoms. The zero-order chi connectivity index (χ0) is 14.3. The Balaban J connectivity index is 2.22. The zero-order valence-electron chi connectivity index (χ0n) is 11.3. The van der Waals surface area contributed by atoms with E-state index >= 15 is 0 Å². The van der Waals surface area contributed by atoms with Gasteiger partial charge in [0.25, 0.3) is 0 Å². The molecule has 0 heterocycles. The fourth-order valence-electron chi connectivity index (χ4n) is 2.32. The third kappa shape index (κ3) is 6.22. The van der Waals surface area contributed by atoms with Gasteiger partial charge in [0.05, 0.1) is 0 Å². The lowest BCUT2D eigenvalue weighted by molar-refractivity contribution is -0.137. The number of nitrogens with one attached hydrogen (secondary N) is 2. The van der Waals surface area contributed by atoms with Gasteiger partial charge in [-0.1, -0.05) is 19.8 Å². The first-order chi connectivity index (χ1) is 8.99. The molecular formula is C13H22N2O4. The van der Waals surface area contributed by atoms with Gasteiger partial charge in [-0.05, 0) is 25.2 Å². The lowest BCUT2D eigenvalue weighted by atomic mass is 9.86. The number of carboxylic acid groups (broad SMARTS) is 1. The summed E-state index contributed by atoms with van der Waals surface area (Å²) < 4.78 is 0. The van der Waals surface area contributed by atoms with Crippen LogP contribution in [0.2, 0.25) is 0 Å². The van der Waals surface area contributed by atoms with Crippen LogP contribution >= 0.6 is 0 Å². The molecule has 0 saturated heterocycles. The standard InChI is InChI=1S/C13H22N2O4/c1-9-5-2-3-6-10(9)14-13(19)15-11(16)7-4-8-12(17)18/h9-10H,2-8H2,1H3,(H,17,18)(H2,14,15,16,19). The number of rotatable bonds is 5. The molecule has 0 bridgehead atoms. The quantitative estimate of drug-likeness (QED) is 0.707. The predicted octanol–water partition coefficient (Wildman–Crippen LogP) is 1.65. The highest BCUT2D eigenvalue weighted by atomic mass is 16.4. The van der Waals surface area contributed by atoms with Crippen molar-refractivity contribution in [3.05, 3.63) is 0 Å². The Morgan fingerprint density at radius 2 is 1.84 bits per heavy atom. The van der Waals surface area contributed by atoms with Crippen molar-refractivity contribution in [2.75, 3.05) is 0 Å². The van der Waals surface area contributed by atoms with Crippen LogP contribution in [0.15, 0.2) is 0 Å². The van der Waals surface area contributed by atoms with E-state index in [9.17, 15) is 14.4 Å². The second-order valence-corrected chi connectivity index (χ2v) is 5.14. The van der Waals surface area contributed by atoms with Crippen molar-refractivity contribution >= 4 is 17.9 Å². The van der Waals surface area contributed by atoms with E-state index in [4.69, 9.17) is 5.11 Å². The number of hydrogen-bond acceptors (Lipinski definition) is 3. The van der Waals surface area contributed by atoms with Crippen LogP contribution in [0.25, 0.3) is 0 Å². The van der Waals surface area contributed by atoms with Crippen LogP contribution < -0.4 is 10.6 Å². The van der Waals surface area contributed by atoms with Crippen molar-refractivity contribution in [2.45, 2.75) is 57.9 Å².